The van der Waals surface area contributed by atoms with Crippen molar-refractivity contribution in [2.75, 3.05) is 0 Å². The molecule has 1 fully saturated rings. The van der Waals surface area contributed by atoms with Gasteiger partial charge < -0.3 is 0 Å². The van der Waals surface area contributed by atoms with Crippen LogP contribution in [0.5, 0.6) is 0 Å². The highest BCUT2D eigenvalue weighted by Crippen LogP contribution is 2.50. The van der Waals surface area contributed by atoms with E-state index in [0.717, 1.165) is 35.5 Å². The van der Waals surface area contributed by atoms with E-state index in [-0.39, 0.29) is 0 Å². The third-order valence-electron chi connectivity index (χ3n) is 9.13. The minimum atomic E-state index is 0.473. The van der Waals surface area contributed by atoms with Crippen LogP contribution < -0.4 is 0 Å². The summed E-state index contributed by atoms with van der Waals surface area (Å²) in [7, 11) is 0. The Labute approximate surface area is 185 Å². The van der Waals surface area contributed by atoms with E-state index in [0.29, 0.717) is 10.8 Å². The second kappa shape index (κ2) is 12.0. The second-order valence-corrected chi connectivity index (χ2v) is 12.6. The minimum absolute atomic E-state index is 0.473. The molecule has 29 heavy (non-hydrogen) atoms. The van der Waals surface area contributed by atoms with E-state index in [2.05, 4.69) is 75.0 Å². The molecule has 1 aliphatic carbocycles. The highest BCUT2D eigenvalue weighted by molar-refractivity contribution is 4.90. The Hall–Kier alpha value is -0.260. The van der Waals surface area contributed by atoms with E-state index in [4.69, 9.17) is 0 Å². The summed E-state index contributed by atoms with van der Waals surface area (Å²) in [6.07, 6.45) is 15.9. The third-order valence-corrected chi connectivity index (χ3v) is 9.13. The van der Waals surface area contributed by atoms with Gasteiger partial charge in [0, 0.05) is 0 Å². The lowest BCUT2D eigenvalue weighted by atomic mass is 9.69. The summed E-state index contributed by atoms with van der Waals surface area (Å²) >= 11 is 0. The molecule has 0 nitrogen and oxygen atoms in total. The molecule has 0 spiro atoms. The standard InChI is InChI=1S/C29H56/c1-11-13-23(4)14-12-15-26(7)28(8,9)18-16-24(5)17-19-29(10,22(2)3)21-27-20-25(27)6/h11,22-27H,1,12-21H2,2-10H3. The number of allylic oxidation sites excluding steroid dienone is 1. The van der Waals surface area contributed by atoms with Crippen molar-refractivity contribution in [2.45, 2.75) is 127 Å². The molecule has 1 saturated carbocycles. The van der Waals surface area contributed by atoms with Crippen LogP contribution in [0.25, 0.3) is 0 Å². The average molecular weight is 405 g/mol. The molecule has 0 bridgehead atoms. The van der Waals surface area contributed by atoms with Crippen LogP contribution in [0.1, 0.15) is 127 Å². The molecule has 0 amide bonds. The van der Waals surface area contributed by atoms with E-state index in [1.54, 1.807) is 0 Å². The van der Waals surface area contributed by atoms with E-state index in [9.17, 15) is 0 Å². The smallest absolute Gasteiger partial charge is 0.0300 e. The van der Waals surface area contributed by atoms with Crippen molar-refractivity contribution in [1.29, 1.82) is 0 Å². The second-order valence-electron chi connectivity index (χ2n) is 12.6. The lowest BCUT2D eigenvalue weighted by Crippen LogP contribution is -2.26. The summed E-state index contributed by atoms with van der Waals surface area (Å²) in [5, 5.41) is 0. The van der Waals surface area contributed by atoms with Crippen LogP contribution in [0, 0.1) is 46.3 Å². The average Bonchev–Trinajstić information content (AvgIpc) is 3.32. The molecule has 0 aliphatic heterocycles. The molecule has 0 N–H and O–H groups in total. The summed E-state index contributed by atoms with van der Waals surface area (Å²) in [6.45, 7) is 26.2. The maximum atomic E-state index is 3.88. The largest absolute Gasteiger partial charge is 0.103 e. The van der Waals surface area contributed by atoms with Gasteiger partial charge in [0.05, 0.1) is 0 Å². The van der Waals surface area contributed by atoms with E-state index < -0.39 is 0 Å². The van der Waals surface area contributed by atoms with Crippen LogP contribution >= 0.6 is 0 Å². The fraction of sp³-hybridized carbons (Fsp3) is 0.931. The van der Waals surface area contributed by atoms with Gasteiger partial charge in [0.2, 0.25) is 0 Å². The summed E-state index contributed by atoms with van der Waals surface area (Å²) in [5.41, 5.74) is 1.02. The van der Waals surface area contributed by atoms with Crippen molar-refractivity contribution in [3.8, 4) is 0 Å². The normalized spacial score (nSPS) is 24.8. The van der Waals surface area contributed by atoms with Gasteiger partial charge in [0.25, 0.3) is 0 Å². The molecule has 0 saturated heterocycles. The molecule has 0 aromatic carbocycles. The van der Waals surface area contributed by atoms with Crippen molar-refractivity contribution in [3.63, 3.8) is 0 Å². The third kappa shape index (κ3) is 9.61. The zero-order chi connectivity index (χ0) is 22.2. The van der Waals surface area contributed by atoms with Crippen LogP contribution in [0.2, 0.25) is 0 Å². The lowest BCUT2D eigenvalue weighted by molar-refractivity contribution is 0.143. The van der Waals surface area contributed by atoms with Gasteiger partial charge in [-0.1, -0.05) is 100 Å². The fourth-order valence-electron chi connectivity index (χ4n) is 5.06. The Kier molecular flexibility index (Phi) is 11.0. The number of rotatable bonds is 16. The van der Waals surface area contributed by atoms with Gasteiger partial charge in [-0.15, -0.1) is 6.58 Å². The van der Waals surface area contributed by atoms with Gasteiger partial charge in [0.15, 0.2) is 0 Å². The Bertz CT molecular complexity index is 459. The van der Waals surface area contributed by atoms with Crippen molar-refractivity contribution in [3.05, 3.63) is 12.7 Å². The fourth-order valence-corrected chi connectivity index (χ4v) is 5.06. The number of hydrogen-bond acceptors (Lipinski definition) is 0. The first-order valence-electron chi connectivity index (χ1n) is 13.0. The van der Waals surface area contributed by atoms with Crippen molar-refractivity contribution in [2.24, 2.45) is 46.3 Å². The van der Waals surface area contributed by atoms with E-state index >= 15 is 0 Å². The monoisotopic (exact) mass is 404 g/mol. The van der Waals surface area contributed by atoms with Crippen LogP contribution in [0.4, 0.5) is 0 Å². The Morgan fingerprint density at radius 1 is 0.897 bits per heavy atom. The first kappa shape index (κ1) is 26.8. The van der Waals surface area contributed by atoms with Gasteiger partial charge in [-0.2, -0.15) is 0 Å². The molecule has 6 atom stereocenters. The van der Waals surface area contributed by atoms with Gasteiger partial charge >= 0.3 is 0 Å². The highest BCUT2D eigenvalue weighted by atomic mass is 14.5. The summed E-state index contributed by atoms with van der Waals surface area (Å²) in [6, 6.07) is 0. The number of hydrogen-bond donors (Lipinski definition) is 0. The zero-order valence-electron chi connectivity index (χ0n) is 21.8. The molecular formula is C29H56. The Morgan fingerprint density at radius 3 is 2.00 bits per heavy atom. The van der Waals surface area contributed by atoms with E-state index in [1.807, 2.05) is 0 Å². The Balaban J connectivity index is 2.36. The van der Waals surface area contributed by atoms with Gasteiger partial charge in [-0.3, -0.25) is 0 Å². The molecule has 1 aliphatic rings. The van der Waals surface area contributed by atoms with Crippen molar-refractivity contribution >= 4 is 0 Å². The maximum absolute atomic E-state index is 3.88. The highest BCUT2D eigenvalue weighted by Gasteiger charge is 2.40. The molecule has 172 valence electrons. The summed E-state index contributed by atoms with van der Waals surface area (Å²) in [4.78, 5) is 0. The van der Waals surface area contributed by atoms with Gasteiger partial charge in [-0.25, -0.2) is 0 Å². The molecule has 0 heteroatoms. The molecule has 0 heterocycles. The zero-order valence-corrected chi connectivity index (χ0v) is 21.8. The quantitative estimate of drug-likeness (QED) is 0.224. The van der Waals surface area contributed by atoms with E-state index in [1.165, 1.54) is 64.2 Å². The minimum Gasteiger partial charge on any atom is -0.103 e. The first-order chi connectivity index (χ1) is 13.4. The van der Waals surface area contributed by atoms with Crippen LogP contribution in [-0.2, 0) is 0 Å². The molecule has 0 radical (unpaired) electrons. The summed E-state index contributed by atoms with van der Waals surface area (Å²) in [5.74, 6) is 5.31. The van der Waals surface area contributed by atoms with Crippen LogP contribution in [0.3, 0.4) is 0 Å². The predicted octanol–water partition coefficient (Wildman–Crippen LogP) is 9.94. The lowest BCUT2D eigenvalue weighted by Gasteiger charge is -2.36. The molecule has 0 aromatic rings. The predicted molar refractivity (Wildman–Crippen MR) is 133 cm³/mol. The van der Waals surface area contributed by atoms with Gasteiger partial charge in [-0.05, 0) is 78.4 Å². The summed E-state index contributed by atoms with van der Waals surface area (Å²) < 4.78 is 0. The Morgan fingerprint density at radius 2 is 1.48 bits per heavy atom. The topological polar surface area (TPSA) is 0 Å². The van der Waals surface area contributed by atoms with Crippen LogP contribution in [-0.4, -0.2) is 0 Å². The van der Waals surface area contributed by atoms with Gasteiger partial charge in [0.1, 0.15) is 0 Å². The van der Waals surface area contributed by atoms with Crippen molar-refractivity contribution in [1.82, 2.24) is 0 Å². The maximum Gasteiger partial charge on any atom is -0.0300 e. The van der Waals surface area contributed by atoms with Crippen molar-refractivity contribution < 1.29 is 0 Å². The molecule has 0 aromatic heterocycles. The molecule has 1 rings (SSSR count). The molecule has 6 unspecified atom stereocenters. The first-order valence-corrected chi connectivity index (χ1v) is 13.0. The molecular weight excluding hydrogens is 348 g/mol. The SMILES string of the molecule is C=CCC(C)CCCC(C)C(C)(C)CCC(C)CCC(C)(CC1CC1C)C(C)C. The van der Waals surface area contributed by atoms with Crippen LogP contribution in [0.15, 0.2) is 12.7 Å².